The van der Waals surface area contributed by atoms with Gasteiger partial charge in [0.2, 0.25) is 0 Å². The van der Waals surface area contributed by atoms with Crippen LogP contribution >= 0.6 is 11.5 Å². The van der Waals surface area contributed by atoms with Gasteiger partial charge in [0.25, 0.3) is 0 Å². The van der Waals surface area contributed by atoms with Gasteiger partial charge in [0.05, 0.1) is 17.6 Å². The summed E-state index contributed by atoms with van der Waals surface area (Å²) in [5, 5.41) is 12.8. The molecule has 5 heteroatoms. The SMILES string of the molecule is Cc1nsc(Nc2cccnc2)c1C#N. The average molecular weight is 216 g/mol. The van der Waals surface area contributed by atoms with Crippen molar-refractivity contribution in [1.82, 2.24) is 9.36 Å². The molecule has 2 heterocycles. The lowest BCUT2D eigenvalue weighted by Crippen LogP contribution is -1.90. The Kier molecular flexibility index (Phi) is 2.61. The molecular weight excluding hydrogens is 208 g/mol. The maximum Gasteiger partial charge on any atom is 0.132 e. The van der Waals surface area contributed by atoms with Gasteiger partial charge in [-0.3, -0.25) is 4.98 Å². The Morgan fingerprint density at radius 2 is 2.40 bits per heavy atom. The smallest absolute Gasteiger partial charge is 0.132 e. The summed E-state index contributed by atoms with van der Waals surface area (Å²) in [6, 6.07) is 5.86. The summed E-state index contributed by atoms with van der Waals surface area (Å²) in [6.45, 7) is 1.82. The number of rotatable bonds is 2. The lowest BCUT2D eigenvalue weighted by molar-refractivity contribution is 1.30. The molecule has 0 amide bonds. The second kappa shape index (κ2) is 4.07. The highest BCUT2D eigenvalue weighted by Gasteiger charge is 2.09. The minimum atomic E-state index is 0.601. The van der Waals surface area contributed by atoms with E-state index in [-0.39, 0.29) is 0 Å². The van der Waals surface area contributed by atoms with E-state index in [0.29, 0.717) is 5.56 Å². The van der Waals surface area contributed by atoms with E-state index >= 15 is 0 Å². The summed E-state index contributed by atoms with van der Waals surface area (Å²) >= 11 is 1.28. The zero-order valence-electron chi connectivity index (χ0n) is 8.06. The maximum absolute atomic E-state index is 8.93. The molecule has 15 heavy (non-hydrogen) atoms. The van der Waals surface area contributed by atoms with Gasteiger partial charge in [-0.25, -0.2) is 0 Å². The first kappa shape index (κ1) is 9.62. The van der Waals surface area contributed by atoms with Crippen molar-refractivity contribution < 1.29 is 0 Å². The molecule has 0 spiro atoms. The third kappa shape index (κ3) is 1.95. The first-order valence-corrected chi connectivity index (χ1v) is 5.12. The Morgan fingerprint density at radius 1 is 1.53 bits per heavy atom. The zero-order valence-corrected chi connectivity index (χ0v) is 8.88. The fourth-order valence-electron chi connectivity index (χ4n) is 1.15. The number of hydrogen-bond donors (Lipinski definition) is 1. The lowest BCUT2D eigenvalue weighted by atomic mass is 10.3. The summed E-state index contributed by atoms with van der Waals surface area (Å²) in [6.07, 6.45) is 3.41. The number of nitrogens with one attached hydrogen (secondary N) is 1. The topological polar surface area (TPSA) is 61.6 Å². The van der Waals surface area contributed by atoms with Crippen LogP contribution in [-0.2, 0) is 0 Å². The van der Waals surface area contributed by atoms with E-state index in [1.807, 2.05) is 19.1 Å². The summed E-state index contributed by atoms with van der Waals surface area (Å²) < 4.78 is 4.12. The third-order valence-corrected chi connectivity index (χ3v) is 2.75. The van der Waals surface area contributed by atoms with E-state index < -0.39 is 0 Å². The van der Waals surface area contributed by atoms with Crippen LogP contribution in [0.5, 0.6) is 0 Å². The number of nitrogens with zero attached hydrogens (tertiary/aromatic N) is 3. The molecule has 0 unspecified atom stereocenters. The van der Waals surface area contributed by atoms with Crippen LogP contribution in [0.3, 0.4) is 0 Å². The van der Waals surface area contributed by atoms with Gasteiger partial charge >= 0.3 is 0 Å². The van der Waals surface area contributed by atoms with Crippen molar-refractivity contribution in [2.24, 2.45) is 0 Å². The minimum Gasteiger partial charge on any atom is -0.344 e. The van der Waals surface area contributed by atoms with Crippen molar-refractivity contribution in [3.05, 3.63) is 35.8 Å². The van der Waals surface area contributed by atoms with Crippen molar-refractivity contribution in [3.63, 3.8) is 0 Å². The number of aromatic nitrogens is 2. The zero-order chi connectivity index (χ0) is 10.7. The maximum atomic E-state index is 8.93. The molecule has 0 aliphatic heterocycles. The molecule has 0 bridgehead atoms. The van der Waals surface area contributed by atoms with Crippen molar-refractivity contribution in [1.29, 1.82) is 5.26 Å². The first-order chi connectivity index (χ1) is 7.31. The first-order valence-electron chi connectivity index (χ1n) is 4.34. The van der Waals surface area contributed by atoms with E-state index in [4.69, 9.17) is 5.26 Å². The normalized spacial score (nSPS) is 9.60. The van der Waals surface area contributed by atoms with Crippen LogP contribution < -0.4 is 5.32 Å². The number of aryl methyl sites for hydroxylation is 1. The van der Waals surface area contributed by atoms with Crippen LogP contribution in [0.1, 0.15) is 11.3 Å². The molecule has 74 valence electrons. The van der Waals surface area contributed by atoms with Crippen LogP contribution in [0.2, 0.25) is 0 Å². The quantitative estimate of drug-likeness (QED) is 0.837. The molecule has 1 N–H and O–H groups in total. The number of nitriles is 1. The molecule has 2 rings (SSSR count). The molecule has 0 aliphatic rings. The largest absolute Gasteiger partial charge is 0.344 e. The van der Waals surface area contributed by atoms with Crippen molar-refractivity contribution in [3.8, 4) is 6.07 Å². The van der Waals surface area contributed by atoms with Crippen LogP contribution in [-0.4, -0.2) is 9.36 Å². The molecule has 0 aliphatic carbocycles. The van der Waals surface area contributed by atoms with E-state index in [1.54, 1.807) is 12.4 Å². The Hall–Kier alpha value is -1.93. The van der Waals surface area contributed by atoms with Gasteiger partial charge in [-0.1, -0.05) is 0 Å². The van der Waals surface area contributed by atoms with Gasteiger partial charge in [0.15, 0.2) is 0 Å². The third-order valence-electron chi connectivity index (χ3n) is 1.89. The minimum absolute atomic E-state index is 0.601. The molecule has 2 aromatic heterocycles. The Balaban J connectivity index is 2.30. The van der Waals surface area contributed by atoms with E-state index in [2.05, 4.69) is 20.7 Å². The number of pyridine rings is 1. The van der Waals surface area contributed by atoms with E-state index in [9.17, 15) is 0 Å². The van der Waals surface area contributed by atoms with E-state index in [0.717, 1.165) is 16.4 Å². The molecule has 4 nitrogen and oxygen atoms in total. The molecule has 0 saturated carbocycles. The second-order valence-electron chi connectivity index (χ2n) is 2.95. The highest BCUT2D eigenvalue weighted by Crippen LogP contribution is 2.26. The van der Waals surface area contributed by atoms with Crippen molar-refractivity contribution in [2.75, 3.05) is 5.32 Å². The van der Waals surface area contributed by atoms with Gasteiger partial charge in [-0.05, 0) is 30.6 Å². The summed E-state index contributed by atoms with van der Waals surface area (Å²) in [7, 11) is 0. The molecule has 0 saturated heterocycles. The van der Waals surface area contributed by atoms with E-state index in [1.165, 1.54) is 11.5 Å². The van der Waals surface area contributed by atoms with Gasteiger partial charge in [0.1, 0.15) is 16.6 Å². The lowest BCUT2D eigenvalue weighted by Gasteiger charge is -2.01. The molecular formula is C10H8N4S. The summed E-state index contributed by atoms with van der Waals surface area (Å²) in [5.41, 5.74) is 2.22. The van der Waals surface area contributed by atoms with Crippen LogP contribution in [0, 0.1) is 18.3 Å². The highest BCUT2D eigenvalue weighted by molar-refractivity contribution is 7.10. The van der Waals surface area contributed by atoms with Crippen LogP contribution in [0.25, 0.3) is 0 Å². The molecule has 0 aromatic carbocycles. The monoisotopic (exact) mass is 216 g/mol. The predicted octanol–water partition coefficient (Wildman–Crippen LogP) is 2.46. The van der Waals surface area contributed by atoms with Crippen molar-refractivity contribution in [2.45, 2.75) is 6.92 Å². The predicted molar refractivity (Wildman–Crippen MR) is 59.1 cm³/mol. The molecule has 2 aromatic rings. The van der Waals surface area contributed by atoms with Gasteiger partial charge in [-0.2, -0.15) is 9.64 Å². The summed E-state index contributed by atoms with van der Waals surface area (Å²) in [4.78, 5) is 3.98. The fraction of sp³-hybridized carbons (Fsp3) is 0.100. The Bertz CT molecular complexity index is 498. The van der Waals surface area contributed by atoms with Gasteiger partial charge < -0.3 is 5.32 Å². The molecule has 0 fully saturated rings. The average Bonchev–Trinajstić information content (AvgIpc) is 2.61. The number of anilines is 2. The molecule has 0 atom stereocenters. The van der Waals surface area contributed by atoms with Crippen LogP contribution in [0.15, 0.2) is 24.5 Å². The fourth-order valence-corrected chi connectivity index (χ4v) is 1.92. The second-order valence-corrected chi connectivity index (χ2v) is 3.72. The Labute approximate surface area is 91.4 Å². The highest BCUT2D eigenvalue weighted by atomic mass is 32.1. The molecule has 0 radical (unpaired) electrons. The van der Waals surface area contributed by atoms with Crippen molar-refractivity contribution >= 4 is 22.2 Å². The van der Waals surface area contributed by atoms with Gasteiger partial charge in [0, 0.05) is 6.20 Å². The van der Waals surface area contributed by atoms with Gasteiger partial charge in [-0.15, -0.1) is 0 Å². The standard InChI is InChI=1S/C10H8N4S/c1-7-9(5-11)10(15-14-7)13-8-3-2-4-12-6-8/h2-4,6,13H,1H3. The van der Waals surface area contributed by atoms with Crippen LogP contribution in [0.4, 0.5) is 10.7 Å². The number of hydrogen-bond acceptors (Lipinski definition) is 5. The summed E-state index contributed by atoms with van der Waals surface area (Å²) in [5.74, 6) is 0. The Morgan fingerprint density at radius 3 is 3.07 bits per heavy atom.